The molecule has 4 rings (SSSR count). The Labute approximate surface area is 233 Å². The zero-order valence-electron chi connectivity index (χ0n) is 23.6. The van der Waals surface area contributed by atoms with Crippen molar-refractivity contribution in [1.82, 2.24) is 9.80 Å². The van der Waals surface area contributed by atoms with E-state index in [2.05, 4.69) is 0 Å². The molecule has 214 valence electrons. The maximum atomic E-state index is 13.4. The van der Waals surface area contributed by atoms with Gasteiger partial charge in [0.05, 0.1) is 13.1 Å². The van der Waals surface area contributed by atoms with Gasteiger partial charge in [0.2, 0.25) is 0 Å². The van der Waals surface area contributed by atoms with Crippen molar-refractivity contribution in [2.24, 2.45) is 0 Å². The summed E-state index contributed by atoms with van der Waals surface area (Å²) >= 11 is 0. The minimum Gasteiger partial charge on any atom is -0.480 e. The van der Waals surface area contributed by atoms with Gasteiger partial charge in [0.15, 0.2) is 0 Å². The molecule has 0 bridgehead atoms. The first-order valence-electron chi connectivity index (χ1n) is 13.2. The Morgan fingerprint density at radius 2 is 0.975 bits per heavy atom. The molecule has 0 spiro atoms. The number of carboxylic acid groups (broad SMARTS) is 2. The molecule has 10 heteroatoms. The van der Waals surface area contributed by atoms with E-state index in [0.29, 0.717) is 22.3 Å². The van der Waals surface area contributed by atoms with Crippen LogP contribution in [0, 0.1) is 0 Å². The second-order valence-corrected chi connectivity index (χ2v) is 12.2. The second-order valence-electron chi connectivity index (χ2n) is 12.2. The fourth-order valence-corrected chi connectivity index (χ4v) is 5.65. The summed E-state index contributed by atoms with van der Waals surface area (Å²) in [5.41, 5.74) is 0.778. The molecule has 0 unspecified atom stereocenters. The summed E-state index contributed by atoms with van der Waals surface area (Å²) in [5.74, 6) is -4.66. The van der Waals surface area contributed by atoms with E-state index in [1.54, 1.807) is 90.1 Å². The van der Waals surface area contributed by atoms with Gasteiger partial charge in [0.1, 0.15) is 23.3 Å². The van der Waals surface area contributed by atoms with Gasteiger partial charge in [-0.25, -0.2) is 19.2 Å². The van der Waals surface area contributed by atoms with Gasteiger partial charge in [-0.2, -0.15) is 0 Å². The van der Waals surface area contributed by atoms with Crippen molar-refractivity contribution in [3.05, 3.63) is 70.8 Å². The van der Waals surface area contributed by atoms with Crippen LogP contribution in [-0.4, -0.2) is 67.4 Å². The van der Waals surface area contributed by atoms with Crippen molar-refractivity contribution in [2.45, 2.75) is 89.8 Å². The van der Waals surface area contributed by atoms with Gasteiger partial charge in [0.25, 0.3) is 0 Å². The number of fused-ring (bicyclic) bond motifs is 2. The Hall–Kier alpha value is -4.08. The molecule has 2 amide bonds. The van der Waals surface area contributed by atoms with Crippen molar-refractivity contribution < 1.29 is 38.9 Å². The molecular weight excluding hydrogens is 516 g/mol. The largest absolute Gasteiger partial charge is 0.480 e. The molecule has 0 aromatic heterocycles. The third kappa shape index (κ3) is 5.76. The number of amides is 2. The normalized spacial score (nSPS) is 22.6. The molecule has 2 N–H and O–H groups in total. The minimum atomic E-state index is -1.47. The summed E-state index contributed by atoms with van der Waals surface area (Å²) in [7, 11) is 0. The zero-order valence-corrected chi connectivity index (χ0v) is 23.6. The van der Waals surface area contributed by atoms with E-state index in [1.807, 2.05) is 0 Å². The molecule has 0 aliphatic carbocycles. The SMILES string of the molecule is CC(C)(C)OC(=O)N1Cc2ccccc2[C@H]([C@@H]2c3ccccc3CN(C(=O)OC(C)(C)C)[C@@H]2C(=O)O)[C@H]1C(=O)O. The van der Waals surface area contributed by atoms with E-state index in [0.717, 1.165) is 9.80 Å². The number of hydrogen-bond donors (Lipinski definition) is 2. The van der Waals surface area contributed by atoms with E-state index in [9.17, 15) is 29.4 Å². The van der Waals surface area contributed by atoms with Crippen LogP contribution in [-0.2, 0) is 32.2 Å². The first-order chi connectivity index (χ1) is 18.6. The summed E-state index contributed by atoms with van der Waals surface area (Å²) in [6, 6.07) is 11.2. The highest BCUT2D eigenvalue weighted by Crippen LogP contribution is 2.49. The molecule has 2 aromatic carbocycles. The summed E-state index contributed by atoms with van der Waals surface area (Å²) in [6.07, 6.45) is -1.64. The van der Waals surface area contributed by atoms with Gasteiger partial charge in [0, 0.05) is 11.8 Å². The Kier molecular flexibility index (Phi) is 7.58. The standard InChI is InChI=1S/C30H36N2O8/c1-29(2,3)39-27(37)31-15-17-11-7-9-13-19(17)21(23(31)25(33)34)22-20-14-10-8-12-18(20)16-32(24(22)26(35)36)28(38)40-30(4,5)6/h7-14,21-24H,15-16H2,1-6H3,(H,33,34)(H,35,36)/t21-,22+,23-,24-/m0/s1. The predicted octanol–water partition coefficient (Wildman–Crippen LogP) is 4.96. The number of ether oxygens (including phenoxy) is 2. The number of carbonyl (C=O) groups is 4. The van der Waals surface area contributed by atoms with Gasteiger partial charge in [-0.3, -0.25) is 9.80 Å². The van der Waals surface area contributed by atoms with Gasteiger partial charge >= 0.3 is 24.1 Å². The lowest BCUT2D eigenvalue weighted by Crippen LogP contribution is -2.59. The molecule has 4 atom stereocenters. The molecule has 0 saturated carbocycles. The lowest BCUT2D eigenvalue weighted by Gasteiger charge is -2.48. The van der Waals surface area contributed by atoms with Crippen molar-refractivity contribution in [3.63, 3.8) is 0 Å². The fourth-order valence-electron chi connectivity index (χ4n) is 5.65. The van der Waals surface area contributed by atoms with Crippen LogP contribution in [0.3, 0.4) is 0 Å². The van der Waals surface area contributed by atoms with E-state index in [1.165, 1.54) is 0 Å². The highest BCUT2D eigenvalue weighted by atomic mass is 16.6. The number of benzene rings is 2. The maximum Gasteiger partial charge on any atom is 0.411 e. The van der Waals surface area contributed by atoms with Crippen molar-refractivity contribution >= 4 is 24.1 Å². The molecule has 40 heavy (non-hydrogen) atoms. The molecular formula is C30H36N2O8. The molecule has 0 fully saturated rings. The first-order valence-corrected chi connectivity index (χ1v) is 13.2. The van der Waals surface area contributed by atoms with Crippen LogP contribution in [0.5, 0.6) is 0 Å². The summed E-state index contributed by atoms with van der Waals surface area (Å²) < 4.78 is 11.2. The Morgan fingerprint density at radius 3 is 1.27 bits per heavy atom. The average Bonchev–Trinajstić information content (AvgIpc) is 2.84. The second kappa shape index (κ2) is 10.5. The van der Waals surface area contributed by atoms with Crippen molar-refractivity contribution in [2.75, 3.05) is 0 Å². The number of aliphatic carboxylic acids is 2. The van der Waals surface area contributed by atoms with E-state index in [4.69, 9.17) is 9.47 Å². The van der Waals surface area contributed by atoms with Crippen LogP contribution >= 0.6 is 0 Å². The summed E-state index contributed by atoms with van der Waals surface area (Å²) in [5, 5.41) is 21.2. The van der Waals surface area contributed by atoms with Crippen LogP contribution < -0.4 is 0 Å². The molecule has 2 heterocycles. The van der Waals surface area contributed by atoms with Gasteiger partial charge in [-0.15, -0.1) is 0 Å². The number of nitrogens with zero attached hydrogens (tertiary/aromatic N) is 2. The van der Waals surface area contributed by atoms with Crippen molar-refractivity contribution in [3.8, 4) is 0 Å². The molecule has 2 aromatic rings. The van der Waals surface area contributed by atoms with Crippen molar-refractivity contribution in [1.29, 1.82) is 0 Å². The third-order valence-corrected chi connectivity index (χ3v) is 7.01. The third-order valence-electron chi connectivity index (χ3n) is 7.01. The molecule has 0 saturated heterocycles. The maximum absolute atomic E-state index is 13.4. The molecule has 2 aliphatic rings. The van der Waals surface area contributed by atoms with Crippen LogP contribution in [0.25, 0.3) is 0 Å². The monoisotopic (exact) mass is 552 g/mol. The van der Waals surface area contributed by atoms with E-state index < -0.39 is 59.2 Å². The van der Waals surface area contributed by atoms with E-state index in [-0.39, 0.29) is 13.1 Å². The highest BCUT2D eigenvalue weighted by molar-refractivity contribution is 5.85. The van der Waals surface area contributed by atoms with Gasteiger partial charge < -0.3 is 19.7 Å². The quantitative estimate of drug-likeness (QED) is 0.546. The molecule has 10 nitrogen and oxygen atoms in total. The Bertz CT molecular complexity index is 1220. The van der Waals surface area contributed by atoms with Crippen LogP contribution in [0.2, 0.25) is 0 Å². The predicted molar refractivity (Wildman–Crippen MR) is 145 cm³/mol. The van der Waals surface area contributed by atoms with Crippen LogP contribution in [0.1, 0.15) is 75.6 Å². The zero-order chi connectivity index (χ0) is 29.6. The average molecular weight is 553 g/mol. The van der Waals surface area contributed by atoms with Gasteiger partial charge in [-0.05, 0) is 63.8 Å². The Morgan fingerprint density at radius 1 is 0.650 bits per heavy atom. The van der Waals surface area contributed by atoms with Crippen LogP contribution in [0.15, 0.2) is 48.5 Å². The first kappa shape index (κ1) is 28.9. The summed E-state index contributed by atoms with van der Waals surface area (Å²) in [6.45, 7) is 10.1. The number of hydrogen-bond acceptors (Lipinski definition) is 6. The van der Waals surface area contributed by atoms with E-state index >= 15 is 0 Å². The lowest BCUT2D eigenvalue weighted by atomic mass is 9.67. The lowest BCUT2D eigenvalue weighted by molar-refractivity contribution is -0.149. The Balaban J connectivity index is 1.95. The molecule has 0 radical (unpaired) electrons. The van der Waals surface area contributed by atoms with Gasteiger partial charge in [-0.1, -0.05) is 48.5 Å². The highest BCUT2D eigenvalue weighted by Gasteiger charge is 2.54. The number of rotatable bonds is 3. The number of carbonyl (C=O) groups excluding carboxylic acids is 2. The smallest absolute Gasteiger partial charge is 0.411 e. The topological polar surface area (TPSA) is 134 Å². The van der Waals surface area contributed by atoms with Crippen LogP contribution in [0.4, 0.5) is 9.59 Å². The number of carboxylic acids is 2. The fraction of sp³-hybridized carbons (Fsp3) is 0.467. The molecule has 2 aliphatic heterocycles. The summed E-state index contributed by atoms with van der Waals surface area (Å²) in [4.78, 5) is 55.1. The minimum absolute atomic E-state index is 0.0273.